The molecule has 0 spiro atoms. The fourth-order valence-corrected chi connectivity index (χ4v) is 1.67. The van der Waals surface area contributed by atoms with Gasteiger partial charge >= 0.3 is 0 Å². The van der Waals surface area contributed by atoms with E-state index in [1.165, 1.54) is 23.5 Å². The number of aryl methyl sites for hydroxylation is 1. The van der Waals surface area contributed by atoms with E-state index >= 15 is 0 Å². The quantitative estimate of drug-likeness (QED) is 0.625. The third-order valence-electron chi connectivity index (χ3n) is 1.99. The van der Waals surface area contributed by atoms with Gasteiger partial charge in [0.1, 0.15) is 0 Å². The molecule has 0 bridgehead atoms. The van der Waals surface area contributed by atoms with Crippen molar-refractivity contribution >= 4 is 23.2 Å². The van der Waals surface area contributed by atoms with Gasteiger partial charge in [-0.3, -0.25) is 4.79 Å². The van der Waals surface area contributed by atoms with Crippen LogP contribution in [0.1, 0.15) is 12.5 Å². The van der Waals surface area contributed by atoms with E-state index in [4.69, 9.17) is 0 Å². The van der Waals surface area contributed by atoms with Crippen molar-refractivity contribution in [3.05, 3.63) is 36.0 Å². The topological polar surface area (TPSA) is 29.1 Å². The summed E-state index contributed by atoms with van der Waals surface area (Å²) < 4.78 is 0. The normalized spacial score (nSPS) is 10.6. The van der Waals surface area contributed by atoms with Crippen molar-refractivity contribution in [1.29, 1.82) is 0 Å². The Balaban J connectivity index is 2.74. The Morgan fingerprint density at radius 3 is 2.73 bits per heavy atom. The van der Waals surface area contributed by atoms with Gasteiger partial charge in [-0.05, 0) is 49.9 Å². The van der Waals surface area contributed by atoms with Gasteiger partial charge in [-0.1, -0.05) is 0 Å². The molecular weight excluding hydrogens is 206 g/mol. The van der Waals surface area contributed by atoms with E-state index in [0.717, 1.165) is 5.69 Å². The van der Waals surface area contributed by atoms with Gasteiger partial charge in [0.15, 0.2) is 5.78 Å². The first-order valence-corrected chi connectivity index (χ1v) is 5.94. The number of carbonyl (C=O) groups is 1. The molecule has 0 fully saturated rings. The van der Waals surface area contributed by atoms with Crippen LogP contribution in [0.4, 0.5) is 5.69 Å². The predicted octanol–water partition coefficient (Wildman–Crippen LogP) is 3.23. The Morgan fingerprint density at radius 2 is 2.20 bits per heavy atom. The second-order valence-corrected chi connectivity index (χ2v) is 4.15. The smallest absolute Gasteiger partial charge is 0.154 e. The van der Waals surface area contributed by atoms with Crippen LogP contribution >= 0.6 is 11.8 Å². The van der Waals surface area contributed by atoms with Gasteiger partial charge in [-0.2, -0.15) is 0 Å². The number of hydrogen-bond donors (Lipinski definition) is 1. The molecule has 0 unspecified atom stereocenters. The molecule has 1 aromatic carbocycles. The molecule has 0 radical (unpaired) electrons. The van der Waals surface area contributed by atoms with Gasteiger partial charge in [0.05, 0.1) is 0 Å². The molecule has 3 heteroatoms. The second-order valence-electron chi connectivity index (χ2n) is 3.27. The molecule has 1 aromatic rings. The van der Waals surface area contributed by atoms with Crippen molar-refractivity contribution in [1.82, 2.24) is 0 Å². The fraction of sp³-hybridized carbons (Fsp3) is 0.250. The molecule has 1 N–H and O–H groups in total. The molecule has 15 heavy (non-hydrogen) atoms. The maximum Gasteiger partial charge on any atom is 0.154 e. The molecule has 0 atom stereocenters. The number of ketones is 1. The zero-order valence-corrected chi connectivity index (χ0v) is 10.0. The minimum Gasteiger partial charge on any atom is -0.361 e. The van der Waals surface area contributed by atoms with E-state index in [-0.39, 0.29) is 5.78 Å². The average Bonchev–Trinajstić information content (AvgIpc) is 2.20. The summed E-state index contributed by atoms with van der Waals surface area (Å²) >= 11 is 1.72. The standard InChI is InChI=1S/C12H15NOS/c1-9-8-11(15-3)4-5-12(9)13-7-6-10(2)14/h4-8,13H,1-3H3/b7-6+. The molecule has 0 aliphatic rings. The maximum absolute atomic E-state index is 10.7. The van der Waals surface area contributed by atoms with Crippen LogP contribution in [-0.4, -0.2) is 12.0 Å². The minimum atomic E-state index is 0.0425. The number of hydrogen-bond acceptors (Lipinski definition) is 3. The van der Waals surface area contributed by atoms with Crippen molar-refractivity contribution in [2.75, 3.05) is 11.6 Å². The lowest BCUT2D eigenvalue weighted by molar-refractivity contribution is -0.112. The third kappa shape index (κ3) is 3.80. The van der Waals surface area contributed by atoms with Crippen LogP contribution in [0, 0.1) is 6.92 Å². The van der Waals surface area contributed by atoms with Crippen LogP contribution < -0.4 is 5.32 Å². The maximum atomic E-state index is 10.7. The number of anilines is 1. The summed E-state index contributed by atoms with van der Waals surface area (Å²) in [5.74, 6) is 0.0425. The van der Waals surface area contributed by atoms with E-state index in [2.05, 4.69) is 23.7 Å². The molecular formula is C12H15NOS. The van der Waals surface area contributed by atoms with Crippen molar-refractivity contribution < 1.29 is 4.79 Å². The molecule has 2 nitrogen and oxygen atoms in total. The summed E-state index contributed by atoms with van der Waals surface area (Å²) in [7, 11) is 0. The third-order valence-corrected chi connectivity index (χ3v) is 2.72. The summed E-state index contributed by atoms with van der Waals surface area (Å²) in [6, 6.07) is 6.20. The van der Waals surface area contributed by atoms with Gasteiger partial charge in [0.25, 0.3) is 0 Å². The number of thioether (sulfide) groups is 1. The Labute approximate surface area is 94.8 Å². The Kier molecular flexibility index (Phi) is 4.43. The van der Waals surface area contributed by atoms with Crippen LogP contribution in [0.3, 0.4) is 0 Å². The predicted molar refractivity (Wildman–Crippen MR) is 66.4 cm³/mol. The van der Waals surface area contributed by atoms with Crippen LogP contribution in [-0.2, 0) is 4.79 Å². The molecule has 0 saturated carbocycles. The highest BCUT2D eigenvalue weighted by molar-refractivity contribution is 7.98. The van der Waals surface area contributed by atoms with Crippen LogP contribution in [0.5, 0.6) is 0 Å². The Morgan fingerprint density at radius 1 is 1.47 bits per heavy atom. The zero-order chi connectivity index (χ0) is 11.3. The Hall–Kier alpha value is -1.22. The van der Waals surface area contributed by atoms with Gasteiger partial charge in [0, 0.05) is 16.8 Å². The molecule has 0 aliphatic heterocycles. The van der Waals surface area contributed by atoms with E-state index in [1.54, 1.807) is 18.0 Å². The lowest BCUT2D eigenvalue weighted by Crippen LogP contribution is -1.92. The summed E-state index contributed by atoms with van der Waals surface area (Å²) in [4.78, 5) is 11.9. The summed E-state index contributed by atoms with van der Waals surface area (Å²) in [5, 5.41) is 3.08. The Bertz CT molecular complexity index is 385. The molecule has 0 heterocycles. The lowest BCUT2D eigenvalue weighted by Gasteiger charge is -2.06. The van der Waals surface area contributed by atoms with E-state index < -0.39 is 0 Å². The first kappa shape index (κ1) is 11.9. The molecule has 1 rings (SSSR count). The highest BCUT2D eigenvalue weighted by Crippen LogP contribution is 2.22. The van der Waals surface area contributed by atoms with Gasteiger partial charge in [-0.15, -0.1) is 11.8 Å². The van der Waals surface area contributed by atoms with Crippen LogP contribution in [0.2, 0.25) is 0 Å². The van der Waals surface area contributed by atoms with Crippen LogP contribution in [0.25, 0.3) is 0 Å². The number of nitrogens with one attached hydrogen (secondary N) is 1. The van der Waals surface area contributed by atoms with Gasteiger partial charge in [-0.25, -0.2) is 0 Å². The number of rotatable bonds is 4. The molecule has 80 valence electrons. The molecule has 0 amide bonds. The fourth-order valence-electron chi connectivity index (χ4n) is 1.17. The SMILES string of the molecule is CSc1ccc(N/C=C/C(C)=O)c(C)c1. The van der Waals surface area contributed by atoms with E-state index in [9.17, 15) is 4.79 Å². The number of benzene rings is 1. The molecule has 0 aliphatic carbocycles. The van der Waals surface area contributed by atoms with E-state index in [1.807, 2.05) is 13.0 Å². The number of allylic oxidation sites excluding steroid dienone is 1. The van der Waals surface area contributed by atoms with E-state index in [0.29, 0.717) is 0 Å². The second kappa shape index (κ2) is 5.61. The summed E-state index contributed by atoms with van der Waals surface area (Å²) in [6.07, 6.45) is 5.24. The molecule has 0 aromatic heterocycles. The van der Waals surface area contributed by atoms with Crippen LogP contribution in [0.15, 0.2) is 35.4 Å². The average molecular weight is 221 g/mol. The van der Waals surface area contributed by atoms with Gasteiger partial charge < -0.3 is 5.32 Å². The minimum absolute atomic E-state index is 0.0425. The zero-order valence-electron chi connectivity index (χ0n) is 9.20. The number of carbonyl (C=O) groups excluding carboxylic acids is 1. The molecule has 0 saturated heterocycles. The van der Waals surface area contributed by atoms with Gasteiger partial charge in [0.2, 0.25) is 0 Å². The lowest BCUT2D eigenvalue weighted by atomic mass is 10.2. The van der Waals surface area contributed by atoms with Crippen molar-refractivity contribution in [2.24, 2.45) is 0 Å². The first-order valence-electron chi connectivity index (χ1n) is 4.72. The largest absolute Gasteiger partial charge is 0.361 e. The highest BCUT2D eigenvalue weighted by Gasteiger charge is 1.97. The summed E-state index contributed by atoms with van der Waals surface area (Å²) in [5.41, 5.74) is 2.21. The highest BCUT2D eigenvalue weighted by atomic mass is 32.2. The van der Waals surface area contributed by atoms with Crippen molar-refractivity contribution in [3.63, 3.8) is 0 Å². The summed E-state index contributed by atoms with van der Waals surface area (Å²) in [6.45, 7) is 3.57. The first-order chi connectivity index (χ1) is 7.13. The van der Waals surface area contributed by atoms with Crippen molar-refractivity contribution in [3.8, 4) is 0 Å². The van der Waals surface area contributed by atoms with Crippen molar-refractivity contribution in [2.45, 2.75) is 18.7 Å². The monoisotopic (exact) mass is 221 g/mol.